The third kappa shape index (κ3) is 0.980. The topological polar surface area (TPSA) is 36.7 Å². The predicted octanol–water partition coefficient (Wildman–Crippen LogP) is 1.62. The quantitative estimate of drug-likeness (QED) is 0.564. The summed E-state index contributed by atoms with van der Waals surface area (Å²) in [5, 5.41) is 0.418. The fraction of sp³-hybridized carbons (Fsp3) is 0.400. The highest BCUT2D eigenvalue weighted by molar-refractivity contribution is 7.15. The Kier molecular flexibility index (Phi) is 1.48. The van der Waals surface area contributed by atoms with Crippen LogP contribution in [-0.2, 0) is 6.42 Å². The minimum absolute atomic E-state index is 0.418. The van der Waals surface area contributed by atoms with Crippen LogP contribution in [0.1, 0.15) is 11.8 Å². The van der Waals surface area contributed by atoms with Crippen molar-refractivity contribution in [3.05, 3.63) is 11.1 Å². The molecule has 43 valence electrons. The van der Waals surface area contributed by atoms with E-state index < -0.39 is 0 Å². The first-order valence-electron chi connectivity index (χ1n) is 2.49. The summed E-state index contributed by atoms with van der Waals surface area (Å²) in [5.74, 6) is 0. The number of thiazole rings is 1. The normalized spacial score (nSPS) is 9.62. The molecule has 8 heavy (non-hydrogen) atoms. The molecule has 0 aliphatic heterocycles. The van der Waals surface area contributed by atoms with Gasteiger partial charge in [0.2, 0.25) is 5.13 Å². The molecular formula is C5H7N2S. The lowest BCUT2D eigenvalue weighted by molar-refractivity contribution is 1.17. The third-order valence-corrected chi connectivity index (χ3v) is 1.86. The molecule has 0 saturated heterocycles. The summed E-state index contributed by atoms with van der Waals surface area (Å²) in [6.07, 6.45) is 2.75. The molecule has 0 amide bonds. The van der Waals surface area contributed by atoms with Crippen molar-refractivity contribution < 1.29 is 0 Å². The molecule has 1 rings (SSSR count). The fourth-order valence-corrected chi connectivity index (χ4v) is 1.07. The van der Waals surface area contributed by atoms with Crippen molar-refractivity contribution in [2.75, 3.05) is 0 Å². The molecule has 3 heteroatoms. The molecule has 1 aromatic heterocycles. The van der Waals surface area contributed by atoms with Gasteiger partial charge in [-0.05, 0) is 6.42 Å². The molecular weight excluding hydrogens is 120 g/mol. The van der Waals surface area contributed by atoms with Crippen molar-refractivity contribution in [1.82, 2.24) is 10.7 Å². The van der Waals surface area contributed by atoms with Crippen molar-refractivity contribution in [2.45, 2.75) is 13.3 Å². The third-order valence-electron chi connectivity index (χ3n) is 0.902. The van der Waals surface area contributed by atoms with Crippen LogP contribution in [0.2, 0.25) is 0 Å². The highest BCUT2D eigenvalue weighted by Crippen LogP contribution is 2.15. The molecule has 0 unspecified atom stereocenters. The van der Waals surface area contributed by atoms with E-state index in [0.717, 1.165) is 6.42 Å². The highest BCUT2D eigenvalue weighted by atomic mass is 32.1. The van der Waals surface area contributed by atoms with Crippen molar-refractivity contribution in [3.8, 4) is 0 Å². The second kappa shape index (κ2) is 2.13. The van der Waals surface area contributed by atoms with Crippen molar-refractivity contribution in [2.24, 2.45) is 0 Å². The lowest BCUT2D eigenvalue weighted by Gasteiger charge is -1.77. The van der Waals surface area contributed by atoms with Gasteiger partial charge in [-0.3, -0.25) is 5.73 Å². The van der Waals surface area contributed by atoms with Gasteiger partial charge in [0.15, 0.2) is 0 Å². The van der Waals surface area contributed by atoms with Gasteiger partial charge in [0.1, 0.15) is 0 Å². The summed E-state index contributed by atoms with van der Waals surface area (Å²) in [6.45, 7) is 2.06. The van der Waals surface area contributed by atoms with Crippen LogP contribution < -0.4 is 5.73 Å². The summed E-state index contributed by atoms with van der Waals surface area (Å²) < 4.78 is 0. The molecule has 2 nitrogen and oxygen atoms in total. The molecule has 0 aliphatic carbocycles. The van der Waals surface area contributed by atoms with Gasteiger partial charge >= 0.3 is 0 Å². The predicted molar refractivity (Wildman–Crippen MR) is 34.2 cm³/mol. The molecule has 1 heterocycles. The number of nitrogens with zero attached hydrogens (tertiary/aromatic N) is 1. The van der Waals surface area contributed by atoms with E-state index in [1.54, 1.807) is 6.20 Å². The molecule has 0 bridgehead atoms. The SMILES string of the molecule is CCc1cnc([NH])s1. The molecule has 0 atom stereocenters. The van der Waals surface area contributed by atoms with Gasteiger partial charge in [-0.25, -0.2) is 4.98 Å². The Morgan fingerprint density at radius 1 is 1.88 bits per heavy atom. The molecule has 0 saturated carbocycles. The second-order valence-corrected chi connectivity index (χ2v) is 2.60. The summed E-state index contributed by atoms with van der Waals surface area (Å²) in [4.78, 5) is 4.96. The van der Waals surface area contributed by atoms with Crippen molar-refractivity contribution in [1.29, 1.82) is 0 Å². The van der Waals surface area contributed by atoms with Gasteiger partial charge in [0.25, 0.3) is 0 Å². The van der Waals surface area contributed by atoms with Crippen LogP contribution in [-0.4, -0.2) is 4.98 Å². The van der Waals surface area contributed by atoms with Crippen LogP contribution >= 0.6 is 11.3 Å². The summed E-state index contributed by atoms with van der Waals surface area (Å²) in [6, 6.07) is 0. The maximum atomic E-state index is 7.03. The van der Waals surface area contributed by atoms with E-state index in [1.807, 2.05) is 0 Å². The Morgan fingerprint density at radius 3 is 2.88 bits per heavy atom. The summed E-state index contributed by atoms with van der Waals surface area (Å²) in [7, 11) is 0. The first-order chi connectivity index (χ1) is 3.83. The number of hydrogen-bond acceptors (Lipinski definition) is 2. The lowest BCUT2D eigenvalue weighted by Crippen LogP contribution is -1.64. The average Bonchev–Trinajstić information content (AvgIpc) is 2.14. The van der Waals surface area contributed by atoms with Crippen molar-refractivity contribution in [3.63, 3.8) is 0 Å². The van der Waals surface area contributed by atoms with E-state index in [0.29, 0.717) is 5.13 Å². The van der Waals surface area contributed by atoms with Gasteiger partial charge in [-0.1, -0.05) is 6.92 Å². The van der Waals surface area contributed by atoms with E-state index in [1.165, 1.54) is 16.2 Å². The number of rotatable bonds is 1. The molecule has 1 N–H and O–H groups in total. The van der Waals surface area contributed by atoms with Gasteiger partial charge in [-0.2, -0.15) is 0 Å². The summed E-state index contributed by atoms with van der Waals surface area (Å²) >= 11 is 1.44. The molecule has 1 aromatic rings. The summed E-state index contributed by atoms with van der Waals surface area (Å²) in [5.41, 5.74) is 7.03. The van der Waals surface area contributed by atoms with E-state index >= 15 is 0 Å². The number of aryl methyl sites for hydroxylation is 1. The van der Waals surface area contributed by atoms with Crippen LogP contribution in [0.5, 0.6) is 0 Å². The monoisotopic (exact) mass is 127 g/mol. The Bertz CT molecular complexity index is 171. The van der Waals surface area contributed by atoms with E-state index in [2.05, 4.69) is 11.9 Å². The molecule has 0 aliphatic rings. The number of nitrogens with one attached hydrogen (secondary N) is 1. The number of aromatic nitrogens is 1. The lowest BCUT2D eigenvalue weighted by atomic mass is 10.4. The van der Waals surface area contributed by atoms with Crippen LogP contribution in [0, 0.1) is 0 Å². The number of hydrogen-bond donors (Lipinski definition) is 0. The minimum Gasteiger partial charge on any atom is -0.274 e. The van der Waals surface area contributed by atoms with Crippen LogP contribution in [0.25, 0.3) is 0 Å². The highest BCUT2D eigenvalue weighted by Gasteiger charge is 1.92. The molecule has 0 aromatic carbocycles. The zero-order valence-corrected chi connectivity index (χ0v) is 5.46. The standard InChI is InChI=1S/C5H7N2S/c1-2-4-3-7-5(6)8-4/h3,6H,2H2,1H3. The van der Waals surface area contributed by atoms with E-state index in [9.17, 15) is 0 Å². The largest absolute Gasteiger partial charge is 0.274 e. The second-order valence-electron chi connectivity index (χ2n) is 1.49. The molecule has 0 spiro atoms. The fourth-order valence-electron chi connectivity index (χ4n) is 0.471. The van der Waals surface area contributed by atoms with Crippen LogP contribution in [0.4, 0.5) is 5.13 Å². The zero-order valence-electron chi connectivity index (χ0n) is 4.64. The Hall–Kier alpha value is -0.570. The molecule has 1 radical (unpaired) electrons. The first-order valence-corrected chi connectivity index (χ1v) is 3.31. The smallest absolute Gasteiger partial charge is 0.201 e. The van der Waals surface area contributed by atoms with Crippen LogP contribution in [0.3, 0.4) is 0 Å². The van der Waals surface area contributed by atoms with Gasteiger partial charge in [-0.15, -0.1) is 11.3 Å². The Labute approximate surface area is 52.4 Å². The van der Waals surface area contributed by atoms with Crippen molar-refractivity contribution >= 4 is 16.5 Å². The van der Waals surface area contributed by atoms with Gasteiger partial charge in [0.05, 0.1) is 0 Å². The average molecular weight is 127 g/mol. The van der Waals surface area contributed by atoms with Gasteiger partial charge in [0, 0.05) is 11.1 Å². The Morgan fingerprint density at radius 2 is 2.62 bits per heavy atom. The maximum absolute atomic E-state index is 7.03. The zero-order chi connectivity index (χ0) is 5.98. The van der Waals surface area contributed by atoms with Crippen LogP contribution in [0.15, 0.2) is 6.20 Å². The molecule has 0 fully saturated rings. The minimum atomic E-state index is 0.418. The van der Waals surface area contributed by atoms with Gasteiger partial charge < -0.3 is 0 Å². The van der Waals surface area contributed by atoms with E-state index in [4.69, 9.17) is 5.73 Å². The maximum Gasteiger partial charge on any atom is 0.201 e. The Balaban J connectivity index is 2.84. The van der Waals surface area contributed by atoms with E-state index in [-0.39, 0.29) is 0 Å². The first kappa shape index (κ1) is 5.56.